The zero-order chi connectivity index (χ0) is 12.6. The smallest absolute Gasteiger partial charge is 0.261 e. The van der Waals surface area contributed by atoms with E-state index in [1.165, 1.54) is 6.20 Å². The van der Waals surface area contributed by atoms with Crippen molar-refractivity contribution in [3.8, 4) is 0 Å². The number of hydrogen-bond acceptors (Lipinski definition) is 4. The lowest BCUT2D eigenvalue weighted by molar-refractivity contribution is -0.387. The molecule has 0 unspecified atom stereocenters. The summed E-state index contributed by atoms with van der Waals surface area (Å²) in [5, 5.41) is 10.8. The molecule has 8 heteroatoms. The molecular formula is C9H5BrClN3O3. The summed E-state index contributed by atoms with van der Waals surface area (Å²) >= 11 is 8.74. The van der Waals surface area contributed by atoms with Gasteiger partial charge >= 0.3 is 11.2 Å². The third-order valence-electron chi connectivity index (χ3n) is 2.14. The first-order chi connectivity index (χ1) is 8.04. The molecule has 0 saturated carbocycles. The Morgan fingerprint density at radius 1 is 1.53 bits per heavy atom. The molecule has 0 aliphatic carbocycles. The Hall–Kier alpha value is -1.47. The molecule has 0 aliphatic rings. The molecule has 6 nitrogen and oxygen atoms in total. The summed E-state index contributed by atoms with van der Waals surface area (Å²) in [7, 11) is 0. The number of halogens is 2. The van der Waals surface area contributed by atoms with Gasteiger partial charge in [-0.05, 0) is 28.1 Å². The number of nitro groups is 1. The number of hydrogen-bond donors (Lipinski definition) is 0. The second-order valence-corrected chi connectivity index (χ2v) is 4.36. The van der Waals surface area contributed by atoms with Gasteiger partial charge in [-0.15, -0.1) is 11.6 Å². The van der Waals surface area contributed by atoms with Crippen LogP contribution < -0.4 is 5.56 Å². The molecule has 0 saturated heterocycles. The van der Waals surface area contributed by atoms with E-state index in [9.17, 15) is 14.9 Å². The summed E-state index contributed by atoms with van der Waals surface area (Å²) in [6, 6.07) is 3.26. The Morgan fingerprint density at radius 2 is 2.24 bits per heavy atom. The quantitative estimate of drug-likeness (QED) is 0.482. The fourth-order valence-electron chi connectivity index (χ4n) is 1.43. The van der Waals surface area contributed by atoms with E-state index in [2.05, 4.69) is 20.9 Å². The van der Waals surface area contributed by atoms with Crippen molar-refractivity contribution in [1.29, 1.82) is 0 Å². The Bertz CT molecular complexity index is 670. The van der Waals surface area contributed by atoms with Gasteiger partial charge in [0.25, 0.3) is 0 Å². The Balaban J connectivity index is 2.94. The molecular weight excluding hydrogens is 313 g/mol. The lowest BCUT2D eigenvalue weighted by Gasteiger charge is -2.03. The highest BCUT2D eigenvalue weighted by atomic mass is 79.9. The maximum absolute atomic E-state index is 11.9. The van der Waals surface area contributed by atoms with E-state index >= 15 is 0 Å². The normalized spacial score (nSPS) is 10.7. The van der Waals surface area contributed by atoms with Gasteiger partial charge in [0, 0.05) is 10.7 Å². The van der Waals surface area contributed by atoms with Gasteiger partial charge < -0.3 is 0 Å². The van der Waals surface area contributed by atoms with Crippen LogP contribution in [0.25, 0.3) is 5.65 Å². The van der Waals surface area contributed by atoms with Crippen LogP contribution in [0.15, 0.2) is 27.6 Å². The largest absolute Gasteiger partial charge is 0.356 e. The van der Waals surface area contributed by atoms with E-state index in [4.69, 9.17) is 11.6 Å². The Labute approximate surface area is 108 Å². The van der Waals surface area contributed by atoms with Gasteiger partial charge in [-0.3, -0.25) is 19.3 Å². The first-order valence-corrected chi connectivity index (χ1v) is 5.78. The summed E-state index contributed by atoms with van der Waals surface area (Å²) in [4.78, 5) is 25.9. The Kier molecular flexibility index (Phi) is 3.12. The maximum Gasteiger partial charge on any atom is 0.356 e. The van der Waals surface area contributed by atoms with Crippen molar-refractivity contribution in [2.75, 3.05) is 0 Å². The molecule has 2 rings (SSSR count). The molecule has 2 aromatic heterocycles. The Morgan fingerprint density at radius 3 is 2.82 bits per heavy atom. The van der Waals surface area contributed by atoms with Crippen LogP contribution in [0, 0.1) is 10.1 Å². The van der Waals surface area contributed by atoms with Crippen LogP contribution in [0.3, 0.4) is 0 Å². The minimum Gasteiger partial charge on any atom is -0.261 e. The van der Waals surface area contributed by atoms with E-state index in [0.29, 0.717) is 10.1 Å². The predicted octanol–water partition coefficient (Wildman–Crippen LogP) is 2.10. The minimum atomic E-state index is -0.764. The molecule has 0 aliphatic heterocycles. The second kappa shape index (κ2) is 4.42. The van der Waals surface area contributed by atoms with Gasteiger partial charge in [0.1, 0.15) is 11.3 Å². The number of pyridine rings is 1. The van der Waals surface area contributed by atoms with Gasteiger partial charge in [0.15, 0.2) is 0 Å². The van der Waals surface area contributed by atoms with E-state index in [0.717, 1.165) is 4.40 Å². The highest BCUT2D eigenvalue weighted by molar-refractivity contribution is 9.10. The van der Waals surface area contributed by atoms with Crippen molar-refractivity contribution in [3.63, 3.8) is 0 Å². The van der Waals surface area contributed by atoms with E-state index < -0.39 is 16.2 Å². The van der Waals surface area contributed by atoms with Crippen molar-refractivity contribution >= 4 is 38.9 Å². The van der Waals surface area contributed by atoms with Crippen molar-refractivity contribution in [3.05, 3.63) is 49.0 Å². The van der Waals surface area contributed by atoms with E-state index in [1.54, 1.807) is 12.1 Å². The lowest BCUT2D eigenvalue weighted by Crippen LogP contribution is -2.20. The van der Waals surface area contributed by atoms with Gasteiger partial charge in [-0.1, -0.05) is 0 Å². The van der Waals surface area contributed by atoms with Crippen molar-refractivity contribution in [2.45, 2.75) is 5.88 Å². The molecule has 88 valence electrons. The topological polar surface area (TPSA) is 77.5 Å². The zero-order valence-corrected chi connectivity index (χ0v) is 10.6. The molecule has 0 fully saturated rings. The van der Waals surface area contributed by atoms with Crippen molar-refractivity contribution < 1.29 is 4.92 Å². The van der Waals surface area contributed by atoms with Crippen LogP contribution in [-0.4, -0.2) is 14.3 Å². The molecule has 0 aromatic carbocycles. The third kappa shape index (κ3) is 2.03. The minimum absolute atomic E-state index is 0.0241. The number of alkyl halides is 1. The zero-order valence-electron chi connectivity index (χ0n) is 8.26. The molecule has 0 radical (unpaired) electrons. The fraction of sp³-hybridized carbons (Fsp3) is 0.111. The molecule has 0 amide bonds. The average Bonchev–Trinajstić information content (AvgIpc) is 2.29. The van der Waals surface area contributed by atoms with Crippen LogP contribution in [0.2, 0.25) is 0 Å². The van der Waals surface area contributed by atoms with Crippen LogP contribution in [0.1, 0.15) is 5.69 Å². The molecule has 0 N–H and O–H groups in total. The maximum atomic E-state index is 11.9. The molecule has 0 bridgehead atoms. The summed E-state index contributed by atoms with van der Waals surface area (Å²) in [6.45, 7) is 0. The van der Waals surface area contributed by atoms with Crippen molar-refractivity contribution in [1.82, 2.24) is 9.38 Å². The molecule has 0 atom stereocenters. The number of aromatic nitrogens is 2. The summed E-state index contributed by atoms with van der Waals surface area (Å²) in [5.41, 5.74) is -1.03. The monoisotopic (exact) mass is 317 g/mol. The van der Waals surface area contributed by atoms with E-state index in [-0.39, 0.29) is 11.6 Å². The third-order valence-corrected chi connectivity index (χ3v) is 2.87. The number of rotatable bonds is 2. The number of fused-ring (bicyclic) bond motifs is 1. The van der Waals surface area contributed by atoms with Crippen LogP contribution in [0.4, 0.5) is 5.69 Å². The van der Waals surface area contributed by atoms with Crippen molar-refractivity contribution in [2.24, 2.45) is 0 Å². The highest BCUT2D eigenvalue weighted by Gasteiger charge is 2.22. The summed E-state index contributed by atoms with van der Waals surface area (Å²) < 4.78 is 1.74. The fourth-order valence-corrected chi connectivity index (χ4v) is 1.95. The highest BCUT2D eigenvalue weighted by Crippen LogP contribution is 2.16. The summed E-state index contributed by atoms with van der Waals surface area (Å²) in [6.07, 6.45) is 1.43. The van der Waals surface area contributed by atoms with Crippen LogP contribution >= 0.6 is 27.5 Å². The van der Waals surface area contributed by atoms with Crippen LogP contribution in [-0.2, 0) is 5.88 Å². The second-order valence-electron chi connectivity index (χ2n) is 3.18. The van der Waals surface area contributed by atoms with Gasteiger partial charge in [-0.2, -0.15) is 0 Å². The first-order valence-electron chi connectivity index (χ1n) is 4.45. The SMILES string of the molecule is O=c1c([N+](=O)[O-])c(CCl)nc2ccc(Br)cn12. The van der Waals surface area contributed by atoms with Gasteiger partial charge in [-0.25, -0.2) is 4.98 Å². The molecule has 17 heavy (non-hydrogen) atoms. The lowest BCUT2D eigenvalue weighted by atomic mass is 10.3. The van der Waals surface area contributed by atoms with Gasteiger partial charge in [0.05, 0.1) is 10.8 Å². The predicted molar refractivity (Wildman–Crippen MR) is 65.4 cm³/mol. The molecule has 2 heterocycles. The first kappa shape index (κ1) is 12.0. The van der Waals surface area contributed by atoms with Crippen LogP contribution in [0.5, 0.6) is 0 Å². The standard InChI is InChI=1S/C9H5BrClN3O3/c10-5-1-2-7-12-6(3-11)8(14(16)17)9(15)13(7)4-5/h1-2,4H,3H2. The van der Waals surface area contributed by atoms with Gasteiger partial charge in [0.2, 0.25) is 0 Å². The molecule has 0 spiro atoms. The van der Waals surface area contributed by atoms with E-state index in [1.807, 2.05) is 0 Å². The summed E-state index contributed by atoms with van der Waals surface area (Å²) in [5.74, 6) is -0.182. The molecule has 2 aromatic rings. The number of nitrogens with zero attached hydrogens (tertiary/aromatic N) is 3. The average molecular weight is 319 g/mol.